The van der Waals surface area contributed by atoms with Gasteiger partial charge in [-0.05, 0) is 68.1 Å². The summed E-state index contributed by atoms with van der Waals surface area (Å²) in [6.07, 6.45) is 3.45. The Bertz CT molecular complexity index is 1320. The van der Waals surface area contributed by atoms with Crippen LogP contribution in [0.15, 0.2) is 46.1 Å². The largest absolute Gasteiger partial charge is 0.343 e. The fourth-order valence-corrected chi connectivity index (χ4v) is 6.29. The number of rotatable bonds is 6. The molecule has 0 atom stereocenters. The van der Waals surface area contributed by atoms with Gasteiger partial charge in [0.15, 0.2) is 0 Å². The summed E-state index contributed by atoms with van der Waals surface area (Å²) in [5.41, 5.74) is 1.78. The van der Waals surface area contributed by atoms with Gasteiger partial charge in [-0.25, -0.2) is 8.42 Å². The summed E-state index contributed by atoms with van der Waals surface area (Å²) >= 11 is 6.93. The summed E-state index contributed by atoms with van der Waals surface area (Å²) in [4.78, 5) is 26.7. The van der Waals surface area contributed by atoms with Gasteiger partial charge in [0.25, 0.3) is 10.0 Å². The Morgan fingerprint density at radius 3 is 2.59 bits per heavy atom. The molecule has 1 aliphatic heterocycles. The molecule has 1 saturated heterocycles. The third kappa shape index (κ3) is 4.84. The molecule has 4 rings (SSSR count). The van der Waals surface area contributed by atoms with E-state index in [0.29, 0.717) is 26.5 Å². The zero-order valence-electron chi connectivity index (χ0n) is 17.6. The van der Waals surface area contributed by atoms with Crippen LogP contribution in [-0.4, -0.2) is 36.9 Å². The summed E-state index contributed by atoms with van der Waals surface area (Å²) in [5.74, 6) is 0.0534. The molecule has 2 heterocycles. The van der Waals surface area contributed by atoms with Gasteiger partial charge in [-0.3, -0.25) is 18.9 Å². The van der Waals surface area contributed by atoms with E-state index in [1.54, 1.807) is 35.8 Å². The lowest BCUT2D eigenvalue weighted by atomic mass is 10.1. The Morgan fingerprint density at radius 1 is 1.12 bits per heavy atom. The third-order valence-electron chi connectivity index (χ3n) is 5.64. The van der Waals surface area contributed by atoms with Crippen molar-refractivity contribution in [1.82, 2.24) is 9.47 Å². The number of amides is 1. The van der Waals surface area contributed by atoms with Gasteiger partial charge in [0.05, 0.1) is 20.8 Å². The second-order valence-corrected chi connectivity index (χ2v) is 11.0. The lowest BCUT2D eigenvalue weighted by Crippen LogP contribution is -2.36. The molecule has 32 heavy (non-hydrogen) atoms. The summed E-state index contributed by atoms with van der Waals surface area (Å²) in [6, 6.07) is 9.51. The van der Waals surface area contributed by atoms with E-state index < -0.39 is 10.0 Å². The topological polar surface area (TPSA) is 88.5 Å². The molecule has 0 spiro atoms. The maximum absolute atomic E-state index is 12.9. The molecular weight excluding hydrogens is 470 g/mol. The minimum atomic E-state index is -3.84. The number of aromatic nitrogens is 1. The number of hydrogen-bond acceptors (Lipinski definition) is 5. The maximum atomic E-state index is 12.9. The first-order valence-corrected chi connectivity index (χ1v) is 13.1. The average molecular weight is 494 g/mol. The summed E-state index contributed by atoms with van der Waals surface area (Å²) < 4.78 is 30.5. The fourth-order valence-electron chi connectivity index (χ4n) is 3.88. The number of anilines is 1. The summed E-state index contributed by atoms with van der Waals surface area (Å²) in [6.45, 7) is 3.60. The van der Waals surface area contributed by atoms with Crippen LogP contribution in [0.25, 0.3) is 10.2 Å². The molecule has 10 heteroatoms. The molecular formula is C22H24ClN3O4S2. The predicted molar refractivity (Wildman–Crippen MR) is 128 cm³/mol. The molecule has 7 nitrogen and oxygen atoms in total. The molecule has 170 valence electrons. The van der Waals surface area contributed by atoms with E-state index in [4.69, 9.17) is 11.6 Å². The molecule has 0 unspecified atom stereocenters. The van der Waals surface area contributed by atoms with Crippen LogP contribution in [-0.2, 0) is 21.4 Å². The van der Waals surface area contributed by atoms with Crippen molar-refractivity contribution in [2.45, 2.75) is 44.0 Å². The monoisotopic (exact) mass is 493 g/mol. The van der Waals surface area contributed by atoms with Gasteiger partial charge >= 0.3 is 4.87 Å². The second-order valence-electron chi connectivity index (χ2n) is 7.91. The number of fused-ring (bicyclic) bond motifs is 1. The molecule has 1 N–H and O–H groups in total. The van der Waals surface area contributed by atoms with Crippen molar-refractivity contribution >= 4 is 54.8 Å². The van der Waals surface area contributed by atoms with E-state index in [9.17, 15) is 18.0 Å². The van der Waals surface area contributed by atoms with Crippen molar-refractivity contribution in [3.8, 4) is 0 Å². The number of carbonyl (C=O) groups excluding carboxylic acids is 1. The van der Waals surface area contributed by atoms with Crippen molar-refractivity contribution in [2.75, 3.05) is 17.8 Å². The Hall–Kier alpha value is -2.36. The Morgan fingerprint density at radius 2 is 1.88 bits per heavy atom. The van der Waals surface area contributed by atoms with Crippen molar-refractivity contribution < 1.29 is 13.2 Å². The zero-order chi connectivity index (χ0) is 22.9. The molecule has 3 aromatic rings. The van der Waals surface area contributed by atoms with E-state index in [1.165, 1.54) is 12.1 Å². The van der Waals surface area contributed by atoms with Crippen LogP contribution in [0.3, 0.4) is 0 Å². The lowest BCUT2D eigenvalue weighted by molar-refractivity contribution is -0.132. The third-order valence-corrected chi connectivity index (χ3v) is 8.18. The lowest BCUT2D eigenvalue weighted by Gasteiger charge is -2.26. The highest BCUT2D eigenvalue weighted by molar-refractivity contribution is 7.92. The van der Waals surface area contributed by atoms with Crippen LogP contribution in [0.1, 0.15) is 31.2 Å². The number of benzene rings is 2. The van der Waals surface area contributed by atoms with Gasteiger partial charge in [0.1, 0.15) is 0 Å². The molecule has 1 aliphatic rings. The van der Waals surface area contributed by atoms with E-state index in [2.05, 4.69) is 4.72 Å². The van der Waals surface area contributed by atoms with Crippen LogP contribution in [0.5, 0.6) is 0 Å². The molecule has 0 saturated carbocycles. The number of nitrogens with one attached hydrogen (secondary N) is 1. The van der Waals surface area contributed by atoms with Crippen LogP contribution < -0.4 is 9.60 Å². The molecule has 1 fully saturated rings. The highest BCUT2D eigenvalue weighted by Gasteiger charge is 2.20. The molecule has 1 amide bonds. The van der Waals surface area contributed by atoms with Crippen LogP contribution in [0.4, 0.5) is 5.69 Å². The van der Waals surface area contributed by atoms with E-state index in [-0.39, 0.29) is 28.6 Å². The fraction of sp³-hybridized carbons (Fsp3) is 0.364. The minimum absolute atomic E-state index is 0.0534. The van der Waals surface area contributed by atoms with Crippen molar-refractivity contribution in [2.24, 2.45) is 0 Å². The molecule has 0 radical (unpaired) electrons. The number of carbonyl (C=O) groups is 1. The van der Waals surface area contributed by atoms with Gasteiger partial charge in [-0.2, -0.15) is 0 Å². The molecule has 2 aromatic carbocycles. The number of nitrogens with zero attached hydrogens (tertiary/aromatic N) is 2. The molecule has 0 aliphatic carbocycles. The van der Waals surface area contributed by atoms with Gasteiger partial charge in [-0.1, -0.05) is 22.9 Å². The number of hydrogen-bond donors (Lipinski definition) is 1. The smallest absolute Gasteiger partial charge is 0.308 e. The average Bonchev–Trinajstić information content (AvgIpc) is 3.08. The first-order valence-electron chi connectivity index (χ1n) is 10.4. The van der Waals surface area contributed by atoms with E-state index in [1.807, 2.05) is 4.90 Å². The SMILES string of the molecule is Cc1cc(Cl)ccc1NS(=O)(=O)c1ccc2c(c1)sc(=O)n2CCC(=O)N1CCCCC1. The first-order chi connectivity index (χ1) is 15.2. The van der Waals surface area contributed by atoms with Gasteiger partial charge < -0.3 is 4.90 Å². The molecule has 1 aromatic heterocycles. The Labute approximate surface area is 195 Å². The quantitative estimate of drug-likeness (QED) is 0.556. The van der Waals surface area contributed by atoms with Crippen LogP contribution >= 0.6 is 22.9 Å². The van der Waals surface area contributed by atoms with Crippen molar-refractivity contribution in [3.63, 3.8) is 0 Å². The van der Waals surface area contributed by atoms with Gasteiger partial charge in [0, 0.05) is 31.1 Å². The minimum Gasteiger partial charge on any atom is -0.343 e. The van der Waals surface area contributed by atoms with Crippen molar-refractivity contribution in [1.29, 1.82) is 0 Å². The van der Waals surface area contributed by atoms with Crippen molar-refractivity contribution in [3.05, 3.63) is 56.7 Å². The first kappa shape index (κ1) is 22.8. The van der Waals surface area contributed by atoms with Gasteiger partial charge in [-0.15, -0.1) is 0 Å². The second kappa shape index (κ2) is 9.25. The van der Waals surface area contributed by atoms with Gasteiger partial charge in [0.2, 0.25) is 5.91 Å². The number of sulfonamides is 1. The van der Waals surface area contributed by atoms with Crippen LogP contribution in [0, 0.1) is 6.92 Å². The highest BCUT2D eigenvalue weighted by Crippen LogP contribution is 2.26. The molecule has 0 bridgehead atoms. The Balaban J connectivity index is 1.54. The number of thiazole rings is 1. The number of halogens is 1. The number of likely N-dealkylation sites (tertiary alicyclic amines) is 1. The maximum Gasteiger partial charge on any atom is 0.308 e. The van der Waals surface area contributed by atoms with E-state index >= 15 is 0 Å². The van der Waals surface area contributed by atoms with E-state index in [0.717, 1.165) is 43.7 Å². The number of aryl methyl sites for hydroxylation is 2. The predicted octanol–water partition coefficient (Wildman–Crippen LogP) is 4.23. The summed E-state index contributed by atoms with van der Waals surface area (Å²) in [7, 11) is -3.84. The van der Waals surface area contributed by atoms with Crippen LogP contribution in [0.2, 0.25) is 5.02 Å². The summed E-state index contributed by atoms with van der Waals surface area (Å²) in [5, 5.41) is 0.525. The zero-order valence-corrected chi connectivity index (χ0v) is 20.0. The standard InChI is InChI=1S/C22H24ClN3O4S2/c1-15-13-16(23)5-7-18(15)24-32(29,30)17-6-8-19-20(14-17)31-22(28)26(19)12-9-21(27)25-10-3-2-4-11-25/h5-8,13-14,24H,2-4,9-12H2,1H3. The highest BCUT2D eigenvalue weighted by atomic mass is 35.5. The normalized spacial score (nSPS) is 14.6. The Kier molecular flexibility index (Phi) is 6.60. The number of piperidine rings is 1.